The van der Waals surface area contributed by atoms with Crippen molar-refractivity contribution in [2.24, 2.45) is 0 Å². The van der Waals surface area contributed by atoms with Gasteiger partial charge in [0.1, 0.15) is 6.54 Å². The number of hydrogen-bond acceptors (Lipinski definition) is 2. The molecule has 0 saturated heterocycles. The fourth-order valence-electron chi connectivity index (χ4n) is 1.78. The number of ether oxygens (including phenoxy) is 1. The first-order valence-electron chi connectivity index (χ1n) is 5.42. The summed E-state index contributed by atoms with van der Waals surface area (Å²) in [5.74, 6) is -0.193. The quantitative estimate of drug-likeness (QED) is 0.740. The maximum absolute atomic E-state index is 11.4. The zero-order valence-corrected chi connectivity index (χ0v) is 9.56. The van der Waals surface area contributed by atoms with E-state index >= 15 is 0 Å². The lowest BCUT2D eigenvalue weighted by Crippen LogP contribution is -2.12. The summed E-state index contributed by atoms with van der Waals surface area (Å²) in [5.41, 5.74) is 2.27. The molecule has 3 heteroatoms. The van der Waals surface area contributed by atoms with Gasteiger partial charge in [-0.15, -0.1) is 0 Å². The Morgan fingerprint density at radius 2 is 2.19 bits per heavy atom. The van der Waals surface area contributed by atoms with Gasteiger partial charge in [-0.05, 0) is 36.9 Å². The number of fused-ring (bicyclic) bond motifs is 1. The van der Waals surface area contributed by atoms with Gasteiger partial charge in [0, 0.05) is 11.7 Å². The van der Waals surface area contributed by atoms with Crippen molar-refractivity contribution >= 4 is 16.9 Å². The van der Waals surface area contributed by atoms with Gasteiger partial charge < -0.3 is 9.30 Å². The molecule has 0 fully saturated rings. The van der Waals surface area contributed by atoms with Crippen LogP contribution in [0.4, 0.5) is 0 Å². The monoisotopic (exact) mass is 217 g/mol. The summed E-state index contributed by atoms with van der Waals surface area (Å²) in [4.78, 5) is 11.4. The van der Waals surface area contributed by atoms with E-state index < -0.39 is 0 Å². The van der Waals surface area contributed by atoms with Crippen LogP contribution in [0, 0.1) is 6.92 Å². The predicted octanol–water partition coefficient (Wildman–Crippen LogP) is 2.51. The highest BCUT2D eigenvalue weighted by atomic mass is 16.5. The average Bonchev–Trinajstić information content (AvgIpc) is 2.61. The lowest BCUT2D eigenvalue weighted by Gasteiger charge is -2.05. The Morgan fingerprint density at radius 1 is 1.38 bits per heavy atom. The third-order valence-electron chi connectivity index (χ3n) is 2.53. The summed E-state index contributed by atoms with van der Waals surface area (Å²) in [6.45, 7) is 4.56. The van der Waals surface area contributed by atoms with Gasteiger partial charge in [-0.3, -0.25) is 4.79 Å². The zero-order valence-electron chi connectivity index (χ0n) is 9.56. The predicted molar refractivity (Wildman–Crippen MR) is 63.3 cm³/mol. The normalized spacial score (nSPS) is 10.6. The molecule has 0 aliphatic heterocycles. The van der Waals surface area contributed by atoms with E-state index in [2.05, 4.69) is 18.2 Å². The minimum absolute atomic E-state index is 0.193. The van der Waals surface area contributed by atoms with Crippen LogP contribution in [-0.4, -0.2) is 17.1 Å². The van der Waals surface area contributed by atoms with Gasteiger partial charge in [0.15, 0.2) is 0 Å². The molecule has 16 heavy (non-hydrogen) atoms. The smallest absolute Gasteiger partial charge is 0.325 e. The maximum Gasteiger partial charge on any atom is 0.325 e. The maximum atomic E-state index is 11.4. The van der Waals surface area contributed by atoms with Crippen LogP contribution in [0.5, 0.6) is 0 Å². The molecule has 0 N–H and O–H groups in total. The number of aromatic nitrogens is 1. The minimum atomic E-state index is -0.193. The van der Waals surface area contributed by atoms with E-state index in [1.165, 1.54) is 5.56 Å². The molecule has 0 spiro atoms. The van der Waals surface area contributed by atoms with E-state index in [1.807, 2.05) is 30.7 Å². The number of rotatable bonds is 3. The summed E-state index contributed by atoms with van der Waals surface area (Å²) in [5, 5.41) is 1.15. The minimum Gasteiger partial charge on any atom is -0.465 e. The summed E-state index contributed by atoms with van der Waals surface area (Å²) >= 11 is 0. The topological polar surface area (TPSA) is 31.2 Å². The average molecular weight is 217 g/mol. The molecule has 0 atom stereocenters. The first kappa shape index (κ1) is 10.7. The molecule has 0 amide bonds. The van der Waals surface area contributed by atoms with E-state index in [0.29, 0.717) is 6.61 Å². The number of esters is 1. The molecule has 1 aromatic heterocycles. The van der Waals surface area contributed by atoms with Crippen molar-refractivity contribution in [3.63, 3.8) is 0 Å². The second-order valence-electron chi connectivity index (χ2n) is 3.81. The third kappa shape index (κ3) is 2.08. The molecule has 0 bridgehead atoms. The van der Waals surface area contributed by atoms with Crippen molar-refractivity contribution in [1.29, 1.82) is 0 Å². The number of benzene rings is 1. The van der Waals surface area contributed by atoms with Gasteiger partial charge in [0.05, 0.1) is 6.61 Å². The first-order chi connectivity index (χ1) is 7.70. The van der Waals surface area contributed by atoms with Gasteiger partial charge in [0.25, 0.3) is 0 Å². The number of carbonyl (C=O) groups is 1. The van der Waals surface area contributed by atoms with Crippen LogP contribution >= 0.6 is 0 Å². The molecular weight excluding hydrogens is 202 g/mol. The van der Waals surface area contributed by atoms with Crippen LogP contribution in [0.1, 0.15) is 12.5 Å². The molecule has 1 aromatic carbocycles. The third-order valence-corrected chi connectivity index (χ3v) is 2.53. The summed E-state index contributed by atoms with van der Waals surface area (Å²) in [7, 11) is 0. The van der Waals surface area contributed by atoms with Crippen LogP contribution in [-0.2, 0) is 16.1 Å². The Morgan fingerprint density at radius 3 is 2.94 bits per heavy atom. The van der Waals surface area contributed by atoms with Gasteiger partial charge in [-0.25, -0.2) is 0 Å². The van der Waals surface area contributed by atoms with Crippen molar-refractivity contribution < 1.29 is 9.53 Å². The number of aryl methyl sites for hydroxylation is 1. The Labute approximate surface area is 94.6 Å². The van der Waals surface area contributed by atoms with Crippen LogP contribution in [0.25, 0.3) is 10.9 Å². The van der Waals surface area contributed by atoms with Crippen molar-refractivity contribution in [2.45, 2.75) is 20.4 Å². The van der Waals surface area contributed by atoms with Gasteiger partial charge in [-0.2, -0.15) is 0 Å². The Bertz CT molecular complexity index is 514. The number of carbonyl (C=O) groups excluding carboxylic acids is 1. The summed E-state index contributed by atoms with van der Waals surface area (Å²) in [6.07, 6.45) is 1.92. The molecule has 0 radical (unpaired) electrons. The molecule has 3 nitrogen and oxygen atoms in total. The molecule has 84 valence electrons. The van der Waals surface area contributed by atoms with E-state index in [1.54, 1.807) is 0 Å². The fraction of sp³-hybridized carbons (Fsp3) is 0.308. The van der Waals surface area contributed by atoms with Crippen molar-refractivity contribution in [3.8, 4) is 0 Å². The highest BCUT2D eigenvalue weighted by Crippen LogP contribution is 2.17. The second-order valence-corrected chi connectivity index (χ2v) is 3.81. The van der Waals surface area contributed by atoms with Crippen LogP contribution < -0.4 is 0 Å². The number of nitrogens with zero attached hydrogens (tertiary/aromatic N) is 1. The molecule has 2 rings (SSSR count). The van der Waals surface area contributed by atoms with E-state index in [0.717, 1.165) is 10.9 Å². The van der Waals surface area contributed by atoms with Gasteiger partial charge >= 0.3 is 5.97 Å². The Kier molecular flexibility index (Phi) is 2.95. The highest BCUT2D eigenvalue weighted by Gasteiger charge is 2.06. The van der Waals surface area contributed by atoms with Gasteiger partial charge in [-0.1, -0.05) is 12.1 Å². The van der Waals surface area contributed by atoms with E-state index in [4.69, 9.17) is 4.74 Å². The molecule has 2 aromatic rings. The van der Waals surface area contributed by atoms with Crippen LogP contribution in [0.3, 0.4) is 0 Å². The van der Waals surface area contributed by atoms with Crippen molar-refractivity contribution in [2.75, 3.05) is 6.61 Å². The largest absolute Gasteiger partial charge is 0.465 e. The molecule has 0 unspecified atom stereocenters. The molecule has 1 heterocycles. The molecule has 0 aliphatic rings. The molecule has 0 aliphatic carbocycles. The van der Waals surface area contributed by atoms with Crippen LogP contribution in [0.2, 0.25) is 0 Å². The summed E-state index contributed by atoms with van der Waals surface area (Å²) in [6, 6.07) is 8.21. The SMILES string of the molecule is CCOC(=O)Cn1ccc2ccc(C)cc21. The van der Waals surface area contributed by atoms with Crippen molar-refractivity contribution in [3.05, 3.63) is 36.0 Å². The van der Waals surface area contributed by atoms with E-state index in [9.17, 15) is 4.79 Å². The first-order valence-corrected chi connectivity index (χ1v) is 5.42. The second kappa shape index (κ2) is 4.39. The van der Waals surface area contributed by atoms with E-state index in [-0.39, 0.29) is 12.5 Å². The van der Waals surface area contributed by atoms with Crippen molar-refractivity contribution in [1.82, 2.24) is 4.57 Å². The molecular formula is C13H15NO2. The lowest BCUT2D eigenvalue weighted by atomic mass is 10.2. The zero-order chi connectivity index (χ0) is 11.5. The number of hydrogen-bond donors (Lipinski definition) is 0. The fourth-order valence-corrected chi connectivity index (χ4v) is 1.78. The standard InChI is InChI=1S/C13H15NO2/c1-3-16-13(15)9-14-7-6-11-5-4-10(2)8-12(11)14/h4-8H,3,9H2,1-2H3. The highest BCUT2D eigenvalue weighted by molar-refractivity contribution is 5.82. The summed E-state index contributed by atoms with van der Waals surface area (Å²) < 4.78 is 6.85. The Balaban J connectivity index is 2.30. The lowest BCUT2D eigenvalue weighted by molar-refractivity contribution is -0.143. The van der Waals surface area contributed by atoms with Crippen LogP contribution in [0.15, 0.2) is 30.5 Å². The van der Waals surface area contributed by atoms with Gasteiger partial charge in [0.2, 0.25) is 0 Å². The molecule has 0 saturated carbocycles. The Hall–Kier alpha value is -1.77.